The highest BCUT2D eigenvalue weighted by Crippen LogP contribution is 2.04. The summed E-state index contributed by atoms with van der Waals surface area (Å²) in [5, 5.41) is 0. The van der Waals surface area contributed by atoms with Gasteiger partial charge in [0.05, 0.1) is 0 Å². The molecule has 0 saturated heterocycles. The second-order valence-electron chi connectivity index (χ2n) is 0.987. The average molecular weight is 190 g/mol. The van der Waals surface area contributed by atoms with Crippen LogP contribution < -0.4 is 30.0 Å². The minimum absolute atomic E-state index is 3.80. The van der Waals surface area contributed by atoms with Gasteiger partial charge in [0, 0.05) is 0 Å². The maximum Gasteiger partial charge on any atom is -0.00536 e. The van der Waals surface area contributed by atoms with Crippen molar-refractivity contribution in [1.82, 2.24) is 0 Å². The molecule has 8 nitrogen and oxygen atoms in total. The first-order valence-electron chi connectivity index (χ1n) is 1.54. The zero-order chi connectivity index (χ0) is 9.00. The Kier molecular flexibility index (Phi) is 5.36. The van der Waals surface area contributed by atoms with Crippen LogP contribution in [0, 0.1) is 0 Å². The Labute approximate surface area is 55.8 Å². The van der Waals surface area contributed by atoms with E-state index in [1.807, 2.05) is 0 Å². The van der Waals surface area contributed by atoms with Gasteiger partial charge in [0.2, 0.25) is 0 Å². The van der Waals surface area contributed by atoms with Crippen LogP contribution in [0.5, 0.6) is 0 Å². The van der Waals surface area contributed by atoms with Gasteiger partial charge >= 0.3 is 0 Å². The molecule has 0 aliphatic rings. The van der Waals surface area contributed by atoms with Gasteiger partial charge in [0.15, 0.2) is 0 Å². The molecule has 0 atom stereocenters. The molecule has 0 saturated carbocycles. The maximum absolute atomic E-state index is 8.88. The summed E-state index contributed by atoms with van der Waals surface area (Å²) < 4.78 is 17.4. The highest BCUT2D eigenvalue weighted by atomic mass is 31.2. The predicted octanol–water partition coefficient (Wildman–Crippen LogP) is -5.05. The maximum atomic E-state index is 8.88. The molecule has 2 N–H and O–H groups in total. The minimum Gasteiger partial charge on any atom is -0.822 e. The van der Waals surface area contributed by atoms with E-state index in [1.165, 1.54) is 0 Å². The molecule has 0 aliphatic carbocycles. The van der Waals surface area contributed by atoms with Gasteiger partial charge in [-0.25, -0.2) is 0 Å². The number of phosphoric acid groups is 1. The molecule has 64 valence electrons. The molecule has 0 rings (SSSR count). The highest BCUT2D eigenvalue weighted by molar-refractivity contribution is 7.46. The molecule has 10 heavy (non-hydrogen) atoms. The van der Waals surface area contributed by atoms with Gasteiger partial charge in [-0.3, -0.25) is 0 Å². The topological polar surface area (TPSA) is 175 Å². The summed E-state index contributed by atoms with van der Waals surface area (Å²) in [6.45, 7) is 0. The van der Waals surface area contributed by atoms with Crippen molar-refractivity contribution >= 4 is 15.6 Å². The Morgan fingerprint density at radius 3 is 0.900 bits per heavy atom. The summed E-state index contributed by atoms with van der Waals surface area (Å²) in [5.41, 5.74) is 3.80. The van der Waals surface area contributed by atoms with Crippen molar-refractivity contribution in [3.63, 3.8) is 0 Å². The lowest BCUT2D eigenvalue weighted by Gasteiger charge is -2.36. The average Bonchev–Trinajstić information content (AvgIpc) is 1.12. The van der Waals surface area contributed by atoms with Gasteiger partial charge in [-0.2, -0.15) is 7.82 Å². The van der Waals surface area contributed by atoms with Gasteiger partial charge < -0.3 is 39.1 Å². The van der Waals surface area contributed by atoms with Crippen molar-refractivity contribution in [2.75, 3.05) is 0 Å². The lowest BCUT2D eigenvalue weighted by atomic mass is 13.9. The smallest absolute Gasteiger partial charge is 0.00536 e. The van der Waals surface area contributed by atoms with Crippen molar-refractivity contribution in [2.45, 2.75) is 0 Å². The molecule has 0 aromatic rings. The van der Waals surface area contributed by atoms with Crippen molar-refractivity contribution in [2.24, 2.45) is 5.50 Å². The van der Waals surface area contributed by atoms with Crippen LogP contribution in [0.4, 0.5) is 0 Å². The number of rotatable bonds is 0. The van der Waals surface area contributed by atoms with Crippen LogP contribution >= 0.6 is 15.6 Å². The van der Waals surface area contributed by atoms with E-state index in [4.69, 9.17) is 33.6 Å². The Morgan fingerprint density at radius 1 is 0.900 bits per heavy atom. The van der Waals surface area contributed by atoms with Crippen LogP contribution in [-0.4, -0.2) is 0 Å². The minimum atomic E-state index is -5.39. The monoisotopic (exact) mass is 190 g/mol. The first-order chi connectivity index (χ1) is 4.00. The zero-order valence-corrected chi connectivity index (χ0v) is 6.12. The van der Waals surface area contributed by atoms with Gasteiger partial charge in [-0.15, -0.1) is 0 Å². The summed E-state index contributed by atoms with van der Waals surface area (Å²) in [6, 6.07) is 0. The molecule has 0 spiro atoms. The van der Waals surface area contributed by atoms with Gasteiger partial charge in [-0.1, -0.05) is 0 Å². The van der Waals surface area contributed by atoms with E-state index in [1.54, 1.807) is 0 Å². The van der Waals surface area contributed by atoms with Gasteiger partial charge in [0.25, 0.3) is 0 Å². The largest absolute Gasteiger partial charge is 0.822 e. The van der Waals surface area contributed by atoms with Crippen LogP contribution in [0.15, 0.2) is 0 Å². The molecule has 0 heterocycles. The fourth-order valence-electron chi connectivity index (χ4n) is 0. The normalized spacial score (nSPS) is 11.8. The van der Waals surface area contributed by atoms with Crippen molar-refractivity contribution < 1.29 is 33.6 Å². The second kappa shape index (κ2) is 4.17. The molecule has 0 aliphatic heterocycles. The van der Waals surface area contributed by atoms with Crippen molar-refractivity contribution in [1.29, 1.82) is 0 Å². The fourth-order valence-corrected chi connectivity index (χ4v) is 0. The lowest BCUT2D eigenvalue weighted by Crippen LogP contribution is -2.24. The molecule has 0 amide bonds. The van der Waals surface area contributed by atoms with E-state index in [0.717, 1.165) is 0 Å². The molecular formula is H2NO7P2-5. The van der Waals surface area contributed by atoms with E-state index < -0.39 is 15.6 Å². The molecule has 0 aromatic carbocycles. The molecule has 0 fully saturated rings. The van der Waals surface area contributed by atoms with Crippen LogP contribution in [-0.2, 0) is 9.13 Å². The standard InChI is InChI=1S/H4NO3P.H3O4P/c2*1-5(2,3)4/h(H4,1,2,3,4);(H3,1,2,3,4)/p-5. The van der Waals surface area contributed by atoms with Crippen LogP contribution in [0.1, 0.15) is 0 Å². The first-order valence-corrected chi connectivity index (χ1v) is 4.61. The third kappa shape index (κ3) is 8850. The molecule has 0 bridgehead atoms. The van der Waals surface area contributed by atoms with E-state index in [2.05, 4.69) is 5.50 Å². The lowest BCUT2D eigenvalue weighted by molar-refractivity contribution is -0.432. The van der Waals surface area contributed by atoms with Gasteiger partial charge in [0.1, 0.15) is 0 Å². The first kappa shape index (κ1) is 12.9. The molecule has 0 radical (unpaired) electrons. The Bertz CT molecular complexity index is 124. The summed E-state index contributed by atoms with van der Waals surface area (Å²) in [4.78, 5) is 43.4. The summed E-state index contributed by atoms with van der Waals surface area (Å²) in [6.07, 6.45) is 0. The highest BCUT2D eigenvalue weighted by Gasteiger charge is 1.61. The molecular weight excluding hydrogens is 188 g/mol. The summed E-state index contributed by atoms with van der Waals surface area (Å²) in [5.74, 6) is 0. The SMILES string of the molecule is NP(=O)([O-])[O-].O=P([O-])([O-])[O-]. The van der Waals surface area contributed by atoms with Crippen LogP contribution in [0.25, 0.3) is 0 Å². The Morgan fingerprint density at radius 2 is 0.900 bits per heavy atom. The second-order valence-corrected chi connectivity index (χ2v) is 2.96. The van der Waals surface area contributed by atoms with Crippen LogP contribution in [0.3, 0.4) is 0 Å². The molecule has 10 heteroatoms. The van der Waals surface area contributed by atoms with Crippen molar-refractivity contribution in [3.05, 3.63) is 0 Å². The third-order valence-corrected chi connectivity index (χ3v) is 0. The number of hydrogen-bond acceptors (Lipinski definition) is 7. The Hall–Kier alpha value is 0.220. The Balaban J connectivity index is 0. The number of hydrogen-bond donors (Lipinski definition) is 1. The quantitative estimate of drug-likeness (QED) is 0.368. The predicted molar refractivity (Wildman–Crippen MR) is 19.4 cm³/mol. The molecule has 0 unspecified atom stereocenters. The van der Waals surface area contributed by atoms with E-state index in [0.29, 0.717) is 0 Å². The van der Waals surface area contributed by atoms with E-state index in [9.17, 15) is 0 Å². The van der Waals surface area contributed by atoms with Crippen LogP contribution in [0.2, 0.25) is 0 Å². The van der Waals surface area contributed by atoms with Crippen molar-refractivity contribution in [3.8, 4) is 0 Å². The zero-order valence-electron chi connectivity index (χ0n) is 4.33. The van der Waals surface area contributed by atoms with Gasteiger partial charge in [-0.05, 0) is 7.75 Å². The fraction of sp³-hybridized carbons (Fsp3) is 0. The van der Waals surface area contributed by atoms with E-state index in [-0.39, 0.29) is 0 Å². The number of nitrogens with two attached hydrogens (primary N) is 1. The summed E-state index contributed by atoms with van der Waals surface area (Å²) in [7, 11) is -10.0. The summed E-state index contributed by atoms with van der Waals surface area (Å²) >= 11 is 0. The third-order valence-electron chi connectivity index (χ3n) is 0. The van der Waals surface area contributed by atoms with E-state index >= 15 is 0 Å². The molecule has 0 aromatic heterocycles.